The first-order valence-electron chi connectivity index (χ1n) is 8.14. The van der Waals surface area contributed by atoms with Gasteiger partial charge in [0.05, 0.1) is 16.8 Å². The van der Waals surface area contributed by atoms with Crippen molar-refractivity contribution in [1.29, 1.82) is 5.26 Å². The van der Waals surface area contributed by atoms with Gasteiger partial charge in [-0.05, 0) is 17.7 Å². The molecule has 0 unspecified atom stereocenters. The van der Waals surface area contributed by atoms with Crippen molar-refractivity contribution >= 4 is 34.7 Å². The lowest BCUT2D eigenvalue weighted by Gasteiger charge is -2.09. The fourth-order valence-electron chi connectivity index (χ4n) is 2.36. The van der Waals surface area contributed by atoms with E-state index in [9.17, 15) is 4.79 Å². The number of para-hydroxylation sites is 1. The van der Waals surface area contributed by atoms with Crippen molar-refractivity contribution in [3.05, 3.63) is 76.2 Å². The number of rotatable bonds is 7. The number of carbonyl (C=O) groups excluding carboxylic acids is 1. The van der Waals surface area contributed by atoms with Gasteiger partial charge in [-0.1, -0.05) is 42.5 Å². The van der Waals surface area contributed by atoms with E-state index in [1.165, 1.54) is 16.9 Å². The fraction of sp³-hybridized carbons (Fsp3) is 0.150. The van der Waals surface area contributed by atoms with Gasteiger partial charge in [0.15, 0.2) is 0 Å². The molecule has 1 aromatic heterocycles. The van der Waals surface area contributed by atoms with Crippen LogP contribution in [0.3, 0.4) is 0 Å². The summed E-state index contributed by atoms with van der Waals surface area (Å²) in [5, 5.41) is 14.3. The van der Waals surface area contributed by atoms with Gasteiger partial charge in [-0.25, -0.2) is 4.98 Å². The van der Waals surface area contributed by atoms with E-state index in [-0.39, 0.29) is 5.91 Å². The monoisotopic (exact) mass is 379 g/mol. The molecular formula is C20H17N3OS2. The molecule has 1 amide bonds. The molecule has 1 heterocycles. The molecule has 4 nitrogen and oxygen atoms in total. The molecule has 130 valence electrons. The van der Waals surface area contributed by atoms with Crippen LogP contribution in [0.4, 0.5) is 5.69 Å². The summed E-state index contributed by atoms with van der Waals surface area (Å²) in [4.78, 5) is 18.0. The summed E-state index contributed by atoms with van der Waals surface area (Å²) in [6.45, 7) is 0. The van der Waals surface area contributed by atoms with E-state index in [0.29, 0.717) is 17.9 Å². The van der Waals surface area contributed by atoms with Gasteiger partial charge in [-0.2, -0.15) is 5.26 Å². The number of nitrogens with zero attached hydrogens (tertiary/aromatic N) is 2. The molecule has 0 saturated heterocycles. The predicted molar refractivity (Wildman–Crippen MR) is 107 cm³/mol. The number of hydrogen-bond donors (Lipinski definition) is 1. The summed E-state index contributed by atoms with van der Waals surface area (Å²) in [6.07, 6.45) is 1.20. The van der Waals surface area contributed by atoms with Gasteiger partial charge in [0.2, 0.25) is 0 Å². The lowest BCUT2D eigenvalue weighted by Crippen LogP contribution is -2.13. The Bertz CT molecular complexity index is 916. The van der Waals surface area contributed by atoms with Crippen molar-refractivity contribution in [1.82, 2.24) is 4.98 Å². The number of nitriles is 1. The largest absolute Gasteiger partial charge is 0.320 e. The Balaban J connectivity index is 1.66. The Labute approximate surface area is 160 Å². The quantitative estimate of drug-likeness (QED) is 0.464. The Morgan fingerprint density at radius 1 is 1.15 bits per heavy atom. The van der Waals surface area contributed by atoms with E-state index < -0.39 is 0 Å². The van der Waals surface area contributed by atoms with Crippen LogP contribution >= 0.6 is 23.1 Å². The number of hydrogen-bond acceptors (Lipinski definition) is 5. The maximum Gasteiger partial charge on any atom is 0.275 e. The molecule has 0 fully saturated rings. The number of thiazole rings is 1. The maximum absolute atomic E-state index is 12.5. The van der Waals surface area contributed by atoms with Crippen molar-refractivity contribution in [3.63, 3.8) is 0 Å². The molecule has 0 saturated carbocycles. The molecule has 3 aromatic rings. The second kappa shape index (κ2) is 9.18. The van der Waals surface area contributed by atoms with Crippen molar-refractivity contribution in [2.45, 2.75) is 17.7 Å². The molecular weight excluding hydrogens is 362 g/mol. The first-order valence-corrected chi connectivity index (χ1v) is 10.0. The third-order valence-electron chi connectivity index (χ3n) is 3.59. The molecule has 2 aromatic carbocycles. The lowest BCUT2D eigenvalue weighted by molar-refractivity contribution is 0.102. The van der Waals surface area contributed by atoms with Crippen LogP contribution in [0.5, 0.6) is 0 Å². The van der Waals surface area contributed by atoms with Crippen molar-refractivity contribution in [2.75, 3.05) is 11.1 Å². The first-order chi connectivity index (χ1) is 12.8. The van der Waals surface area contributed by atoms with E-state index in [1.54, 1.807) is 17.1 Å². The van der Waals surface area contributed by atoms with Gasteiger partial charge in [0, 0.05) is 28.9 Å². The molecule has 0 aliphatic rings. The second-order valence-electron chi connectivity index (χ2n) is 5.50. The number of nitrogens with one attached hydrogen (secondary N) is 1. The van der Waals surface area contributed by atoms with Crippen LogP contribution in [-0.4, -0.2) is 16.6 Å². The van der Waals surface area contributed by atoms with Crippen molar-refractivity contribution in [2.24, 2.45) is 0 Å². The average molecular weight is 380 g/mol. The zero-order chi connectivity index (χ0) is 18.2. The van der Waals surface area contributed by atoms with E-state index in [4.69, 9.17) is 5.26 Å². The molecule has 6 heteroatoms. The number of amides is 1. The smallest absolute Gasteiger partial charge is 0.275 e. The minimum Gasteiger partial charge on any atom is -0.320 e. The van der Waals surface area contributed by atoms with Crippen LogP contribution in [-0.2, 0) is 6.42 Å². The summed E-state index contributed by atoms with van der Waals surface area (Å²) >= 11 is 3.05. The summed E-state index contributed by atoms with van der Waals surface area (Å²) < 4.78 is 0. The van der Waals surface area contributed by atoms with Crippen LogP contribution in [0, 0.1) is 11.3 Å². The highest BCUT2D eigenvalue weighted by Gasteiger charge is 2.13. The Hall–Kier alpha value is -2.62. The van der Waals surface area contributed by atoms with Gasteiger partial charge in [0.1, 0.15) is 5.69 Å². The molecule has 0 spiro atoms. The Morgan fingerprint density at radius 3 is 2.73 bits per heavy atom. The van der Waals surface area contributed by atoms with Crippen LogP contribution in [0.25, 0.3) is 0 Å². The van der Waals surface area contributed by atoms with E-state index in [2.05, 4.69) is 28.5 Å². The molecule has 0 aliphatic heterocycles. The Kier molecular flexibility index (Phi) is 6.42. The van der Waals surface area contributed by atoms with E-state index in [1.807, 2.05) is 42.5 Å². The van der Waals surface area contributed by atoms with Crippen LogP contribution < -0.4 is 5.32 Å². The number of aromatic nitrogens is 1. The van der Waals surface area contributed by atoms with Crippen molar-refractivity contribution < 1.29 is 4.79 Å². The molecule has 0 atom stereocenters. The lowest BCUT2D eigenvalue weighted by atomic mass is 10.2. The normalized spacial score (nSPS) is 10.3. The highest BCUT2D eigenvalue weighted by Crippen LogP contribution is 2.28. The van der Waals surface area contributed by atoms with E-state index >= 15 is 0 Å². The summed E-state index contributed by atoms with van der Waals surface area (Å²) in [7, 11) is 0. The van der Waals surface area contributed by atoms with Gasteiger partial charge in [-0.15, -0.1) is 23.1 Å². The van der Waals surface area contributed by atoms with Crippen LogP contribution in [0.2, 0.25) is 0 Å². The maximum atomic E-state index is 12.5. The van der Waals surface area contributed by atoms with Crippen LogP contribution in [0.1, 0.15) is 27.5 Å². The third kappa shape index (κ3) is 4.94. The zero-order valence-corrected chi connectivity index (χ0v) is 15.6. The Morgan fingerprint density at radius 2 is 1.92 bits per heavy atom. The molecule has 0 bridgehead atoms. The summed E-state index contributed by atoms with van der Waals surface area (Å²) in [5.41, 5.74) is 2.35. The molecule has 26 heavy (non-hydrogen) atoms. The van der Waals surface area contributed by atoms with Gasteiger partial charge >= 0.3 is 0 Å². The average Bonchev–Trinajstić information content (AvgIpc) is 3.13. The SMILES string of the molecule is N#CCCSc1ccccc1NC(=O)c1csc(Cc2ccccc2)n1. The third-order valence-corrected chi connectivity index (χ3v) is 5.51. The molecule has 0 aliphatic carbocycles. The van der Waals surface area contributed by atoms with Crippen molar-refractivity contribution in [3.8, 4) is 6.07 Å². The van der Waals surface area contributed by atoms with Gasteiger partial charge in [0.25, 0.3) is 5.91 Å². The summed E-state index contributed by atoms with van der Waals surface area (Å²) in [6, 6.07) is 19.8. The van der Waals surface area contributed by atoms with Gasteiger partial charge in [-0.3, -0.25) is 4.79 Å². The van der Waals surface area contributed by atoms with Gasteiger partial charge < -0.3 is 5.32 Å². The number of carbonyl (C=O) groups is 1. The van der Waals surface area contributed by atoms with Crippen LogP contribution in [0.15, 0.2) is 64.9 Å². The first kappa shape index (κ1) is 18.2. The fourth-order valence-corrected chi connectivity index (χ4v) is 4.03. The van der Waals surface area contributed by atoms with E-state index in [0.717, 1.165) is 22.0 Å². The molecule has 1 N–H and O–H groups in total. The molecule has 0 radical (unpaired) electrons. The predicted octanol–water partition coefficient (Wildman–Crippen LogP) is 4.99. The molecule has 3 rings (SSSR count). The second-order valence-corrected chi connectivity index (χ2v) is 7.58. The number of benzene rings is 2. The highest BCUT2D eigenvalue weighted by molar-refractivity contribution is 7.99. The topological polar surface area (TPSA) is 65.8 Å². The minimum atomic E-state index is -0.214. The zero-order valence-electron chi connectivity index (χ0n) is 14.0. The highest BCUT2D eigenvalue weighted by atomic mass is 32.2. The number of anilines is 1. The summed E-state index contributed by atoms with van der Waals surface area (Å²) in [5.74, 6) is 0.482. The standard InChI is InChI=1S/C20H17N3OS2/c21-11-6-12-25-18-10-5-4-9-16(18)23-20(24)17-14-26-19(22-17)13-15-7-2-1-3-8-15/h1-5,7-10,14H,6,12-13H2,(H,23,24). The number of thioether (sulfide) groups is 1. The minimum absolute atomic E-state index is 0.214.